The van der Waals surface area contributed by atoms with Crippen molar-refractivity contribution in [1.29, 1.82) is 0 Å². The lowest BCUT2D eigenvalue weighted by atomic mass is 9.89. The average Bonchev–Trinajstić information content (AvgIpc) is 3.23. The van der Waals surface area contributed by atoms with Gasteiger partial charge in [0.15, 0.2) is 0 Å². The molecule has 1 fully saturated rings. The zero-order chi connectivity index (χ0) is 39.3. The van der Waals surface area contributed by atoms with E-state index in [-0.39, 0.29) is 12.4 Å². The molecule has 0 bridgehead atoms. The SMILES string of the molecule is FC(F)(F)Oc1ccc(Cc2cccc([C@@H]3O[C@H](COCc4ccccc4)[C@@H](OCc4ccccc4)[C@H](OCc4ccccc4)[C@H]3OCc3ccccc3)c2)cc1. The van der Waals surface area contributed by atoms with Gasteiger partial charge in [0.1, 0.15) is 36.3 Å². The number of hydrogen-bond acceptors (Lipinski definition) is 6. The third kappa shape index (κ3) is 11.9. The molecule has 0 aromatic heterocycles. The van der Waals surface area contributed by atoms with Gasteiger partial charge in [-0.3, -0.25) is 0 Å². The molecule has 5 atom stereocenters. The van der Waals surface area contributed by atoms with Gasteiger partial charge in [-0.15, -0.1) is 13.2 Å². The van der Waals surface area contributed by atoms with Crippen LogP contribution in [-0.4, -0.2) is 37.4 Å². The molecular weight excluding hydrogens is 730 g/mol. The van der Waals surface area contributed by atoms with Crippen molar-refractivity contribution in [1.82, 2.24) is 0 Å². The van der Waals surface area contributed by atoms with Gasteiger partial charge in [-0.1, -0.05) is 158 Å². The third-order valence-corrected chi connectivity index (χ3v) is 9.73. The van der Waals surface area contributed by atoms with E-state index >= 15 is 0 Å². The van der Waals surface area contributed by atoms with Gasteiger partial charge >= 0.3 is 6.36 Å². The predicted molar refractivity (Wildman–Crippen MR) is 211 cm³/mol. The van der Waals surface area contributed by atoms with Crippen molar-refractivity contribution in [3.8, 4) is 5.75 Å². The molecule has 0 saturated carbocycles. The van der Waals surface area contributed by atoms with E-state index in [2.05, 4.69) is 10.8 Å². The minimum absolute atomic E-state index is 0.230. The van der Waals surface area contributed by atoms with Gasteiger partial charge in [-0.25, -0.2) is 0 Å². The molecule has 1 aliphatic heterocycles. The van der Waals surface area contributed by atoms with Crippen LogP contribution in [-0.2, 0) is 56.5 Å². The van der Waals surface area contributed by atoms with Crippen LogP contribution < -0.4 is 4.74 Å². The van der Waals surface area contributed by atoms with E-state index in [4.69, 9.17) is 23.7 Å². The first-order valence-corrected chi connectivity index (χ1v) is 19.0. The average molecular weight is 775 g/mol. The van der Waals surface area contributed by atoms with Crippen molar-refractivity contribution in [3.05, 3.63) is 209 Å². The summed E-state index contributed by atoms with van der Waals surface area (Å²) in [5.74, 6) is -0.264. The Labute approximate surface area is 331 Å². The van der Waals surface area contributed by atoms with E-state index < -0.39 is 36.9 Å². The molecule has 1 aliphatic rings. The van der Waals surface area contributed by atoms with E-state index in [0.717, 1.165) is 38.9 Å². The van der Waals surface area contributed by atoms with Crippen LogP contribution in [0.1, 0.15) is 45.0 Å². The Hall–Kier alpha value is -5.29. The smallest absolute Gasteiger partial charge is 0.406 e. The fourth-order valence-electron chi connectivity index (χ4n) is 6.98. The van der Waals surface area contributed by atoms with Gasteiger partial charge < -0.3 is 28.4 Å². The molecule has 0 aliphatic carbocycles. The van der Waals surface area contributed by atoms with Crippen molar-refractivity contribution in [2.24, 2.45) is 0 Å². The number of ether oxygens (including phenoxy) is 6. The Bertz CT molecular complexity index is 2070. The van der Waals surface area contributed by atoms with Gasteiger partial charge in [0.25, 0.3) is 0 Å². The molecule has 1 heterocycles. The van der Waals surface area contributed by atoms with Gasteiger partial charge in [0, 0.05) is 0 Å². The molecule has 57 heavy (non-hydrogen) atoms. The Morgan fingerprint density at radius 2 is 0.930 bits per heavy atom. The highest BCUT2D eigenvalue weighted by Gasteiger charge is 2.49. The summed E-state index contributed by atoms with van der Waals surface area (Å²) in [4.78, 5) is 0. The van der Waals surface area contributed by atoms with E-state index in [0.29, 0.717) is 32.8 Å². The molecule has 294 valence electrons. The Balaban J connectivity index is 1.22. The summed E-state index contributed by atoms with van der Waals surface area (Å²) in [6.07, 6.45) is -7.22. The van der Waals surface area contributed by atoms with Crippen molar-refractivity contribution in [2.45, 2.75) is 69.7 Å². The normalized spacial score (nSPS) is 19.6. The fourth-order valence-corrected chi connectivity index (χ4v) is 6.98. The van der Waals surface area contributed by atoms with E-state index in [1.54, 1.807) is 12.1 Å². The van der Waals surface area contributed by atoms with E-state index in [1.165, 1.54) is 12.1 Å². The molecule has 7 rings (SSSR count). The zero-order valence-corrected chi connectivity index (χ0v) is 31.4. The number of hydrogen-bond donors (Lipinski definition) is 0. The van der Waals surface area contributed by atoms with Gasteiger partial charge in [-0.05, 0) is 57.5 Å². The Morgan fingerprint density at radius 3 is 1.46 bits per heavy atom. The number of alkyl halides is 3. The van der Waals surface area contributed by atoms with Crippen LogP contribution >= 0.6 is 0 Å². The summed E-state index contributed by atoms with van der Waals surface area (Å²) in [5.41, 5.74) is 6.70. The molecule has 0 amide bonds. The largest absolute Gasteiger partial charge is 0.573 e. The highest BCUT2D eigenvalue weighted by atomic mass is 19.4. The second-order valence-corrected chi connectivity index (χ2v) is 14.0. The van der Waals surface area contributed by atoms with Crippen molar-refractivity contribution < 1.29 is 41.6 Å². The lowest BCUT2D eigenvalue weighted by Gasteiger charge is -2.46. The Kier molecular flexibility index (Phi) is 13.8. The summed E-state index contributed by atoms with van der Waals surface area (Å²) in [5, 5.41) is 0. The molecule has 1 saturated heterocycles. The van der Waals surface area contributed by atoms with E-state index in [1.807, 2.05) is 140 Å². The van der Waals surface area contributed by atoms with Crippen LogP contribution in [0.25, 0.3) is 0 Å². The van der Waals surface area contributed by atoms with Crippen molar-refractivity contribution >= 4 is 0 Å². The second-order valence-electron chi connectivity index (χ2n) is 14.0. The van der Waals surface area contributed by atoms with Gasteiger partial charge in [0.05, 0.1) is 33.0 Å². The first-order chi connectivity index (χ1) is 27.9. The van der Waals surface area contributed by atoms with Crippen LogP contribution in [0.3, 0.4) is 0 Å². The fraction of sp³-hybridized carbons (Fsp3) is 0.250. The summed E-state index contributed by atoms with van der Waals surface area (Å²) in [6, 6.07) is 53.9. The monoisotopic (exact) mass is 774 g/mol. The first-order valence-electron chi connectivity index (χ1n) is 19.0. The number of halogens is 3. The molecule has 0 unspecified atom stereocenters. The van der Waals surface area contributed by atoms with Crippen LogP contribution in [0.2, 0.25) is 0 Å². The number of benzene rings is 6. The predicted octanol–water partition coefficient (Wildman–Crippen LogP) is 10.6. The van der Waals surface area contributed by atoms with Crippen LogP contribution in [0.5, 0.6) is 5.75 Å². The molecule has 9 heteroatoms. The van der Waals surface area contributed by atoms with Crippen LogP contribution in [0.4, 0.5) is 13.2 Å². The Morgan fingerprint density at radius 1 is 0.456 bits per heavy atom. The topological polar surface area (TPSA) is 55.4 Å². The van der Waals surface area contributed by atoms with E-state index in [9.17, 15) is 13.2 Å². The summed E-state index contributed by atoms with van der Waals surface area (Å²) in [6.45, 7) is 1.58. The number of rotatable bonds is 17. The second kappa shape index (κ2) is 19.7. The van der Waals surface area contributed by atoms with Gasteiger partial charge in [0.2, 0.25) is 0 Å². The highest BCUT2D eigenvalue weighted by molar-refractivity contribution is 5.34. The van der Waals surface area contributed by atoms with Crippen molar-refractivity contribution in [2.75, 3.05) is 6.61 Å². The molecule has 6 nitrogen and oxygen atoms in total. The molecule has 0 N–H and O–H groups in total. The molecule has 6 aromatic carbocycles. The lowest BCUT2D eigenvalue weighted by Crippen LogP contribution is -2.58. The standard InChI is InChI=1S/C48H45F3O6/c49-48(50,51)57-42-26-24-35(25-27-42)28-40-22-13-23-41(29-40)44-46(54-32-38-18-9-3-10-19-38)47(55-33-39-20-11-4-12-21-39)45(53-31-37-16-7-2-8-17-37)43(56-44)34-52-30-36-14-5-1-6-15-36/h1-27,29,43-47H,28,30-34H2/t43-,44+,45-,46+,47+/m1/s1. The van der Waals surface area contributed by atoms with Crippen LogP contribution in [0.15, 0.2) is 170 Å². The summed E-state index contributed by atoms with van der Waals surface area (Å²) in [7, 11) is 0. The van der Waals surface area contributed by atoms with Crippen molar-refractivity contribution in [3.63, 3.8) is 0 Å². The highest BCUT2D eigenvalue weighted by Crippen LogP contribution is 2.39. The summed E-state index contributed by atoms with van der Waals surface area (Å²) < 4.78 is 76.5. The quantitative estimate of drug-likeness (QED) is 0.0920. The molecule has 0 radical (unpaired) electrons. The molecule has 0 spiro atoms. The lowest BCUT2D eigenvalue weighted by molar-refractivity contribution is -0.275. The maximum absolute atomic E-state index is 12.8. The maximum Gasteiger partial charge on any atom is 0.573 e. The van der Waals surface area contributed by atoms with Gasteiger partial charge in [-0.2, -0.15) is 0 Å². The third-order valence-electron chi connectivity index (χ3n) is 9.73. The minimum Gasteiger partial charge on any atom is -0.406 e. The summed E-state index contributed by atoms with van der Waals surface area (Å²) >= 11 is 0. The molecule has 6 aromatic rings. The van der Waals surface area contributed by atoms with Crippen LogP contribution in [0, 0.1) is 0 Å². The minimum atomic E-state index is -4.76. The zero-order valence-electron chi connectivity index (χ0n) is 31.4. The molecular formula is C48H45F3O6. The maximum atomic E-state index is 12.8. The first kappa shape index (κ1) is 39.9.